The van der Waals surface area contributed by atoms with E-state index in [1.165, 1.54) is 0 Å². The number of primary amides is 1. The number of halogens is 3. The van der Waals surface area contributed by atoms with E-state index in [-0.39, 0.29) is 12.1 Å². The maximum absolute atomic E-state index is 13.0. The maximum Gasteiger partial charge on any atom is 0.416 e. The minimum absolute atomic E-state index is 0.0581. The molecule has 1 aliphatic heterocycles. The fourth-order valence-corrected chi connectivity index (χ4v) is 4.56. The third-order valence-corrected chi connectivity index (χ3v) is 5.61. The first-order chi connectivity index (χ1) is 13.7. The second-order valence-electron chi connectivity index (χ2n) is 7.86. The van der Waals surface area contributed by atoms with Gasteiger partial charge in [-0.1, -0.05) is 26.0 Å². The van der Waals surface area contributed by atoms with Crippen LogP contribution in [0.1, 0.15) is 37.8 Å². The summed E-state index contributed by atoms with van der Waals surface area (Å²) in [7, 11) is -4.18. The number of piperidine rings is 1. The quantitative estimate of drug-likeness (QED) is 0.504. The van der Waals surface area contributed by atoms with Gasteiger partial charge in [-0.15, -0.1) is 0 Å². The highest BCUT2D eigenvalue weighted by atomic mass is 32.2. The SMILES string of the molecule is CC1CCCN(CC(C)C(OC(N)=O)(OS(C)(=O)=O)c2ccc(C(F)(F)F)cc2)C1. The highest BCUT2D eigenvalue weighted by Crippen LogP contribution is 2.39. The molecule has 1 aromatic rings. The fraction of sp³-hybridized carbons (Fsp3) is 0.632. The summed E-state index contributed by atoms with van der Waals surface area (Å²) in [5, 5.41) is 0. The van der Waals surface area contributed by atoms with Crippen LogP contribution in [0.5, 0.6) is 0 Å². The van der Waals surface area contributed by atoms with Crippen LogP contribution in [0.2, 0.25) is 0 Å². The molecular weight excluding hydrogens is 425 g/mol. The maximum atomic E-state index is 13.0. The van der Waals surface area contributed by atoms with Gasteiger partial charge in [0.15, 0.2) is 0 Å². The average Bonchev–Trinajstić information content (AvgIpc) is 2.58. The smallest absolute Gasteiger partial charge is 0.411 e. The first-order valence-electron chi connectivity index (χ1n) is 9.52. The first-order valence-corrected chi connectivity index (χ1v) is 11.3. The second-order valence-corrected chi connectivity index (χ2v) is 9.43. The molecule has 0 saturated carbocycles. The zero-order valence-electron chi connectivity index (χ0n) is 17.1. The van der Waals surface area contributed by atoms with Gasteiger partial charge in [0.05, 0.1) is 11.8 Å². The normalized spacial score (nSPS) is 21.6. The van der Waals surface area contributed by atoms with E-state index < -0.39 is 39.7 Å². The highest BCUT2D eigenvalue weighted by molar-refractivity contribution is 7.86. The molecule has 1 saturated heterocycles. The molecule has 170 valence electrons. The minimum Gasteiger partial charge on any atom is -0.411 e. The van der Waals surface area contributed by atoms with Gasteiger partial charge in [0.25, 0.3) is 15.9 Å². The van der Waals surface area contributed by atoms with Crippen molar-refractivity contribution in [3.05, 3.63) is 35.4 Å². The van der Waals surface area contributed by atoms with Crippen molar-refractivity contribution in [1.82, 2.24) is 4.90 Å². The second kappa shape index (κ2) is 9.11. The van der Waals surface area contributed by atoms with E-state index in [2.05, 4.69) is 11.8 Å². The number of nitrogens with zero attached hydrogens (tertiary/aromatic N) is 1. The summed E-state index contributed by atoms with van der Waals surface area (Å²) in [6.07, 6.45) is -3.11. The molecule has 3 unspecified atom stereocenters. The van der Waals surface area contributed by atoms with E-state index in [1.807, 2.05) is 0 Å². The molecular formula is C19H27F3N2O5S. The summed E-state index contributed by atoms with van der Waals surface area (Å²) in [6.45, 7) is 5.49. The van der Waals surface area contributed by atoms with Crippen LogP contribution in [0.4, 0.5) is 18.0 Å². The number of benzene rings is 1. The van der Waals surface area contributed by atoms with Gasteiger partial charge in [0.2, 0.25) is 0 Å². The number of carbonyl (C=O) groups is 1. The number of ether oxygens (including phenoxy) is 1. The van der Waals surface area contributed by atoms with E-state index in [1.54, 1.807) is 6.92 Å². The van der Waals surface area contributed by atoms with Crippen molar-refractivity contribution >= 4 is 16.2 Å². The van der Waals surface area contributed by atoms with Gasteiger partial charge >= 0.3 is 12.3 Å². The van der Waals surface area contributed by atoms with Crippen LogP contribution in [0.15, 0.2) is 24.3 Å². The highest BCUT2D eigenvalue weighted by Gasteiger charge is 2.47. The van der Waals surface area contributed by atoms with Crippen molar-refractivity contribution in [2.45, 2.75) is 38.7 Å². The molecule has 1 fully saturated rings. The molecule has 2 N–H and O–H groups in total. The molecule has 3 atom stereocenters. The Hall–Kier alpha value is -1.85. The molecule has 1 aromatic carbocycles. The molecule has 1 aliphatic rings. The molecule has 0 spiro atoms. The number of amides is 1. The van der Waals surface area contributed by atoms with Gasteiger partial charge in [-0.3, -0.25) is 0 Å². The standard InChI is InChI=1S/C19H27F3N2O5S/c1-13-5-4-10-24(11-13)12-14(2)18(28-17(23)25,29-30(3,26)27)15-6-8-16(9-7-15)19(20,21)22/h6-9,13-14H,4-5,10-12H2,1-3H3,(H2,23,25). The van der Waals surface area contributed by atoms with Crippen molar-refractivity contribution in [2.75, 3.05) is 25.9 Å². The lowest BCUT2D eigenvalue weighted by molar-refractivity contribution is -0.183. The first kappa shape index (κ1) is 24.4. The number of rotatable bonds is 7. The predicted octanol–water partition coefficient (Wildman–Crippen LogP) is 3.30. The lowest BCUT2D eigenvalue weighted by Gasteiger charge is -2.40. The Morgan fingerprint density at radius 3 is 2.30 bits per heavy atom. The van der Waals surface area contributed by atoms with Gasteiger partial charge in [-0.05, 0) is 37.4 Å². The molecule has 1 amide bonds. The zero-order chi connectivity index (χ0) is 22.7. The summed E-state index contributed by atoms with van der Waals surface area (Å²) in [5.74, 6) is -2.54. The average molecular weight is 452 g/mol. The third kappa shape index (κ3) is 6.32. The van der Waals surface area contributed by atoms with Crippen LogP contribution in [0.3, 0.4) is 0 Å². The van der Waals surface area contributed by atoms with Crippen LogP contribution >= 0.6 is 0 Å². The van der Waals surface area contributed by atoms with E-state index in [4.69, 9.17) is 14.7 Å². The molecule has 30 heavy (non-hydrogen) atoms. The molecule has 7 nitrogen and oxygen atoms in total. The topological polar surface area (TPSA) is 98.9 Å². The van der Waals surface area contributed by atoms with E-state index in [0.29, 0.717) is 5.92 Å². The number of nitrogens with two attached hydrogens (primary N) is 1. The Labute approximate surface area is 174 Å². The van der Waals surface area contributed by atoms with Gasteiger partial charge in [0, 0.05) is 24.6 Å². The van der Waals surface area contributed by atoms with Crippen LogP contribution in [0, 0.1) is 11.8 Å². The Bertz CT molecular complexity index is 845. The summed E-state index contributed by atoms with van der Waals surface area (Å²) in [5.41, 5.74) is 4.21. The van der Waals surface area contributed by atoms with Crippen molar-refractivity contribution < 1.29 is 35.3 Å². The van der Waals surface area contributed by atoms with Crippen LogP contribution < -0.4 is 5.73 Å². The van der Waals surface area contributed by atoms with Crippen LogP contribution in [-0.2, 0) is 31.0 Å². The van der Waals surface area contributed by atoms with Crippen molar-refractivity contribution in [3.63, 3.8) is 0 Å². The van der Waals surface area contributed by atoms with Gasteiger partial charge in [-0.2, -0.15) is 21.6 Å². The van der Waals surface area contributed by atoms with E-state index in [9.17, 15) is 26.4 Å². The van der Waals surface area contributed by atoms with Gasteiger partial charge in [0.1, 0.15) is 0 Å². The summed E-state index contributed by atoms with van der Waals surface area (Å²) < 4.78 is 73.3. The summed E-state index contributed by atoms with van der Waals surface area (Å²) >= 11 is 0. The van der Waals surface area contributed by atoms with E-state index >= 15 is 0 Å². The third-order valence-electron chi connectivity index (χ3n) is 5.06. The number of hydrogen-bond acceptors (Lipinski definition) is 6. The fourth-order valence-electron chi connectivity index (χ4n) is 3.82. The summed E-state index contributed by atoms with van der Waals surface area (Å²) in [6, 6.07) is 3.62. The van der Waals surface area contributed by atoms with Gasteiger partial charge < -0.3 is 15.4 Å². The molecule has 11 heteroatoms. The largest absolute Gasteiger partial charge is 0.416 e. The summed E-state index contributed by atoms with van der Waals surface area (Å²) in [4.78, 5) is 13.8. The van der Waals surface area contributed by atoms with Crippen molar-refractivity contribution in [1.29, 1.82) is 0 Å². The number of carbonyl (C=O) groups excluding carboxylic acids is 1. The predicted molar refractivity (Wildman–Crippen MR) is 104 cm³/mol. The minimum atomic E-state index is -4.58. The monoisotopic (exact) mass is 452 g/mol. The number of hydrogen-bond donors (Lipinski definition) is 1. The van der Waals surface area contributed by atoms with Crippen LogP contribution in [-0.4, -0.2) is 45.3 Å². The zero-order valence-corrected chi connectivity index (χ0v) is 17.9. The van der Waals surface area contributed by atoms with Crippen LogP contribution in [0.25, 0.3) is 0 Å². The molecule has 0 bridgehead atoms. The Kier molecular flexibility index (Phi) is 7.41. The number of alkyl halides is 3. The molecule has 1 heterocycles. The van der Waals surface area contributed by atoms with Crippen molar-refractivity contribution in [2.24, 2.45) is 17.6 Å². The molecule has 2 rings (SSSR count). The lowest BCUT2D eigenvalue weighted by atomic mass is 9.90. The van der Waals surface area contributed by atoms with E-state index in [0.717, 1.165) is 56.5 Å². The number of likely N-dealkylation sites (tertiary alicyclic amines) is 1. The molecule has 0 radical (unpaired) electrons. The Morgan fingerprint density at radius 2 is 1.83 bits per heavy atom. The van der Waals surface area contributed by atoms with Gasteiger partial charge in [-0.25, -0.2) is 8.98 Å². The van der Waals surface area contributed by atoms with Crippen molar-refractivity contribution in [3.8, 4) is 0 Å². The Morgan fingerprint density at radius 1 is 1.27 bits per heavy atom. The Balaban J connectivity index is 2.49. The lowest BCUT2D eigenvalue weighted by Crippen LogP contribution is -2.49. The molecule has 0 aliphatic carbocycles. The molecule has 0 aromatic heterocycles.